The summed E-state index contributed by atoms with van der Waals surface area (Å²) in [5.74, 6) is -0.263. The Hall–Kier alpha value is -1.85. The van der Waals surface area contributed by atoms with Crippen LogP contribution in [0.5, 0.6) is 0 Å². The van der Waals surface area contributed by atoms with Crippen molar-refractivity contribution in [3.05, 3.63) is 52.8 Å². The number of halogens is 1. The highest BCUT2D eigenvalue weighted by Crippen LogP contribution is 2.15. The Morgan fingerprint density at radius 3 is 2.74 bits per heavy atom. The quantitative estimate of drug-likeness (QED) is 0.892. The van der Waals surface area contributed by atoms with E-state index in [1.165, 1.54) is 6.20 Å². The van der Waals surface area contributed by atoms with Crippen molar-refractivity contribution in [3.8, 4) is 0 Å². The molecule has 0 aliphatic heterocycles. The summed E-state index contributed by atoms with van der Waals surface area (Å²) >= 11 is 5.77. The van der Waals surface area contributed by atoms with E-state index < -0.39 is 6.10 Å². The van der Waals surface area contributed by atoms with Gasteiger partial charge in [-0.25, -0.2) is 0 Å². The van der Waals surface area contributed by atoms with Crippen molar-refractivity contribution < 1.29 is 9.90 Å². The summed E-state index contributed by atoms with van der Waals surface area (Å²) < 4.78 is 1.55. The number of nitrogens with one attached hydrogen (secondary N) is 1. The van der Waals surface area contributed by atoms with Crippen molar-refractivity contribution in [3.63, 3.8) is 0 Å². The second kappa shape index (κ2) is 5.86. The van der Waals surface area contributed by atoms with E-state index >= 15 is 0 Å². The number of aryl methyl sites for hydroxylation is 1. The van der Waals surface area contributed by atoms with E-state index in [2.05, 4.69) is 10.4 Å². The third kappa shape index (κ3) is 3.56. The first kappa shape index (κ1) is 13.6. The maximum atomic E-state index is 11.8. The predicted molar refractivity (Wildman–Crippen MR) is 72.0 cm³/mol. The van der Waals surface area contributed by atoms with E-state index in [1.54, 1.807) is 42.2 Å². The highest BCUT2D eigenvalue weighted by atomic mass is 35.5. The molecule has 2 aromatic rings. The van der Waals surface area contributed by atoms with Crippen LogP contribution in [0.1, 0.15) is 22.0 Å². The molecule has 0 aliphatic rings. The average molecular weight is 280 g/mol. The zero-order valence-electron chi connectivity index (χ0n) is 10.4. The number of carbonyl (C=O) groups is 1. The van der Waals surface area contributed by atoms with Gasteiger partial charge in [0.15, 0.2) is 0 Å². The molecule has 0 spiro atoms. The summed E-state index contributed by atoms with van der Waals surface area (Å²) in [7, 11) is 1.74. The number of aliphatic hydroxyl groups is 1. The maximum absolute atomic E-state index is 11.8. The Labute approximate surface area is 115 Å². The van der Waals surface area contributed by atoms with Crippen LogP contribution >= 0.6 is 11.6 Å². The summed E-state index contributed by atoms with van der Waals surface area (Å²) in [6.07, 6.45) is 2.33. The molecule has 0 saturated carbocycles. The van der Waals surface area contributed by atoms with Crippen molar-refractivity contribution >= 4 is 17.5 Å². The van der Waals surface area contributed by atoms with Gasteiger partial charge in [-0.15, -0.1) is 0 Å². The molecule has 1 unspecified atom stereocenters. The lowest BCUT2D eigenvalue weighted by Crippen LogP contribution is -2.28. The van der Waals surface area contributed by atoms with Crippen molar-refractivity contribution in [2.45, 2.75) is 6.10 Å². The van der Waals surface area contributed by atoms with Gasteiger partial charge in [0, 0.05) is 24.8 Å². The number of hydrogen-bond donors (Lipinski definition) is 2. The maximum Gasteiger partial charge on any atom is 0.254 e. The molecule has 6 heteroatoms. The molecular weight excluding hydrogens is 266 g/mol. The van der Waals surface area contributed by atoms with Crippen LogP contribution in [-0.4, -0.2) is 27.3 Å². The zero-order valence-corrected chi connectivity index (χ0v) is 11.1. The van der Waals surface area contributed by atoms with Gasteiger partial charge in [-0.05, 0) is 17.7 Å². The Morgan fingerprint density at radius 1 is 1.47 bits per heavy atom. The number of hydrogen-bond acceptors (Lipinski definition) is 3. The smallest absolute Gasteiger partial charge is 0.254 e. The van der Waals surface area contributed by atoms with Crippen LogP contribution in [0.4, 0.5) is 0 Å². The Bertz CT molecular complexity index is 566. The first-order chi connectivity index (χ1) is 9.06. The van der Waals surface area contributed by atoms with Crippen LogP contribution in [0.3, 0.4) is 0 Å². The lowest BCUT2D eigenvalue weighted by molar-refractivity contribution is 0.0916. The van der Waals surface area contributed by atoms with Gasteiger partial charge in [0.2, 0.25) is 0 Å². The minimum atomic E-state index is -0.766. The molecule has 100 valence electrons. The molecule has 0 radical (unpaired) electrons. The van der Waals surface area contributed by atoms with Crippen molar-refractivity contribution in [2.75, 3.05) is 6.54 Å². The number of rotatable bonds is 4. The standard InChI is InChI=1S/C13H14ClN3O2/c1-17-8-10(6-16-17)13(19)15-7-12(18)9-2-4-11(14)5-3-9/h2-6,8,12,18H,7H2,1H3,(H,15,19). The molecule has 0 bridgehead atoms. The molecule has 1 amide bonds. The third-order valence-corrected chi connectivity index (χ3v) is 2.93. The van der Waals surface area contributed by atoms with Gasteiger partial charge in [0.25, 0.3) is 5.91 Å². The van der Waals surface area contributed by atoms with Gasteiger partial charge >= 0.3 is 0 Å². The summed E-state index contributed by atoms with van der Waals surface area (Å²) in [5.41, 5.74) is 1.17. The minimum Gasteiger partial charge on any atom is -0.387 e. The SMILES string of the molecule is Cn1cc(C(=O)NCC(O)c2ccc(Cl)cc2)cn1. The number of aliphatic hydroxyl groups excluding tert-OH is 1. The first-order valence-corrected chi connectivity index (χ1v) is 6.14. The fourth-order valence-electron chi connectivity index (χ4n) is 1.63. The predicted octanol–water partition coefficient (Wildman–Crippen LogP) is 1.54. The van der Waals surface area contributed by atoms with Gasteiger partial charge < -0.3 is 10.4 Å². The van der Waals surface area contributed by atoms with Crippen LogP contribution in [0, 0.1) is 0 Å². The van der Waals surface area contributed by atoms with Gasteiger partial charge in [0.1, 0.15) is 0 Å². The fraction of sp³-hybridized carbons (Fsp3) is 0.231. The van der Waals surface area contributed by atoms with E-state index in [9.17, 15) is 9.90 Å². The van der Waals surface area contributed by atoms with Crippen LogP contribution in [0.15, 0.2) is 36.7 Å². The molecule has 0 saturated heterocycles. The van der Waals surface area contributed by atoms with Crippen molar-refractivity contribution in [1.82, 2.24) is 15.1 Å². The molecule has 1 aromatic carbocycles. The molecule has 0 aliphatic carbocycles. The van der Waals surface area contributed by atoms with Crippen LogP contribution < -0.4 is 5.32 Å². The fourth-order valence-corrected chi connectivity index (χ4v) is 1.76. The molecular formula is C13H14ClN3O2. The summed E-state index contributed by atoms with van der Waals surface area (Å²) in [5, 5.41) is 17.1. The number of carbonyl (C=O) groups excluding carboxylic acids is 1. The van der Waals surface area contributed by atoms with Crippen LogP contribution in [0.25, 0.3) is 0 Å². The van der Waals surface area contributed by atoms with E-state index in [0.717, 1.165) is 0 Å². The van der Waals surface area contributed by atoms with Crippen LogP contribution in [-0.2, 0) is 7.05 Å². The number of amides is 1. The number of aromatic nitrogens is 2. The lowest BCUT2D eigenvalue weighted by Gasteiger charge is -2.11. The monoisotopic (exact) mass is 279 g/mol. The highest BCUT2D eigenvalue weighted by molar-refractivity contribution is 6.30. The molecule has 1 heterocycles. The molecule has 19 heavy (non-hydrogen) atoms. The van der Waals surface area contributed by atoms with Gasteiger partial charge in [-0.2, -0.15) is 5.10 Å². The van der Waals surface area contributed by atoms with Gasteiger partial charge in [-0.1, -0.05) is 23.7 Å². The Balaban J connectivity index is 1.91. The second-order valence-electron chi connectivity index (χ2n) is 4.18. The molecule has 2 rings (SSSR count). The normalized spacial score (nSPS) is 12.2. The van der Waals surface area contributed by atoms with Crippen molar-refractivity contribution in [1.29, 1.82) is 0 Å². The minimum absolute atomic E-state index is 0.134. The summed E-state index contributed by atoms with van der Waals surface area (Å²) in [6, 6.07) is 6.85. The largest absolute Gasteiger partial charge is 0.387 e. The van der Waals surface area contributed by atoms with E-state index in [-0.39, 0.29) is 12.5 Å². The molecule has 5 nitrogen and oxygen atoms in total. The third-order valence-electron chi connectivity index (χ3n) is 2.68. The van der Waals surface area contributed by atoms with E-state index in [1.807, 2.05) is 0 Å². The number of benzene rings is 1. The Morgan fingerprint density at radius 2 is 2.16 bits per heavy atom. The van der Waals surface area contributed by atoms with Crippen LogP contribution in [0.2, 0.25) is 5.02 Å². The van der Waals surface area contributed by atoms with E-state index in [4.69, 9.17) is 11.6 Å². The summed E-state index contributed by atoms with van der Waals surface area (Å²) in [4.78, 5) is 11.8. The van der Waals surface area contributed by atoms with Crippen molar-refractivity contribution in [2.24, 2.45) is 7.05 Å². The second-order valence-corrected chi connectivity index (χ2v) is 4.62. The zero-order chi connectivity index (χ0) is 13.8. The molecule has 0 fully saturated rings. The first-order valence-electron chi connectivity index (χ1n) is 5.76. The average Bonchev–Trinajstić information content (AvgIpc) is 2.83. The molecule has 2 N–H and O–H groups in total. The summed E-state index contributed by atoms with van der Waals surface area (Å²) in [6.45, 7) is 0.134. The molecule has 1 atom stereocenters. The topological polar surface area (TPSA) is 67.2 Å². The van der Waals surface area contributed by atoms with E-state index in [0.29, 0.717) is 16.1 Å². The lowest BCUT2D eigenvalue weighted by atomic mass is 10.1. The van der Waals surface area contributed by atoms with Gasteiger partial charge in [0.05, 0.1) is 17.9 Å². The Kier molecular flexibility index (Phi) is 4.19. The van der Waals surface area contributed by atoms with Gasteiger partial charge in [-0.3, -0.25) is 9.48 Å². The number of nitrogens with zero attached hydrogens (tertiary/aromatic N) is 2. The molecule has 1 aromatic heterocycles. The highest BCUT2D eigenvalue weighted by Gasteiger charge is 2.11.